The third kappa shape index (κ3) is 4.65. The molecule has 5 heteroatoms. The summed E-state index contributed by atoms with van der Waals surface area (Å²) in [5.74, 6) is -0.0843. The van der Waals surface area contributed by atoms with Crippen LogP contribution < -0.4 is 5.32 Å². The zero-order chi connectivity index (χ0) is 15.4. The van der Waals surface area contributed by atoms with Crippen LogP contribution in [0.15, 0.2) is 24.3 Å². The van der Waals surface area contributed by atoms with Crippen molar-refractivity contribution < 1.29 is 14.3 Å². The van der Waals surface area contributed by atoms with E-state index in [9.17, 15) is 9.59 Å². The van der Waals surface area contributed by atoms with Crippen LogP contribution in [-0.2, 0) is 9.53 Å². The van der Waals surface area contributed by atoms with E-state index >= 15 is 0 Å². The zero-order valence-corrected chi connectivity index (χ0v) is 12.8. The predicted octanol–water partition coefficient (Wildman–Crippen LogP) is 1.94. The van der Waals surface area contributed by atoms with Crippen molar-refractivity contribution in [2.75, 3.05) is 25.0 Å². The normalized spacial score (nSPS) is 22.8. The molecule has 1 saturated heterocycles. The molecule has 0 radical (unpaired) electrons. The summed E-state index contributed by atoms with van der Waals surface area (Å²) in [6.45, 7) is 7.38. The van der Waals surface area contributed by atoms with Crippen molar-refractivity contribution in [1.29, 1.82) is 0 Å². The molecule has 1 fully saturated rings. The van der Waals surface area contributed by atoms with Crippen LogP contribution in [-0.4, -0.2) is 48.4 Å². The number of amides is 1. The molecule has 0 bridgehead atoms. The highest BCUT2D eigenvalue weighted by Gasteiger charge is 2.23. The van der Waals surface area contributed by atoms with Crippen molar-refractivity contribution in [3.63, 3.8) is 0 Å². The predicted molar refractivity (Wildman–Crippen MR) is 81.5 cm³/mol. The molecule has 0 saturated carbocycles. The number of nitrogens with one attached hydrogen (secondary N) is 1. The molecule has 2 rings (SSSR count). The van der Waals surface area contributed by atoms with Gasteiger partial charge in [-0.2, -0.15) is 0 Å². The second-order valence-electron chi connectivity index (χ2n) is 5.64. The average molecular weight is 290 g/mol. The van der Waals surface area contributed by atoms with Crippen LogP contribution in [0, 0.1) is 0 Å². The molecule has 0 aromatic heterocycles. The maximum atomic E-state index is 12.1. The Labute approximate surface area is 125 Å². The van der Waals surface area contributed by atoms with Gasteiger partial charge in [-0.05, 0) is 32.9 Å². The molecule has 1 heterocycles. The highest BCUT2D eigenvalue weighted by molar-refractivity contribution is 5.97. The number of anilines is 1. The summed E-state index contributed by atoms with van der Waals surface area (Å²) in [4.78, 5) is 25.5. The Hall–Kier alpha value is -1.72. The molecule has 1 aromatic rings. The lowest BCUT2D eigenvalue weighted by molar-refractivity contribution is -0.121. The molecule has 114 valence electrons. The number of ether oxygens (including phenoxy) is 1. The van der Waals surface area contributed by atoms with Gasteiger partial charge in [0.15, 0.2) is 5.78 Å². The Bertz CT molecular complexity index is 520. The van der Waals surface area contributed by atoms with Crippen LogP contribution in [0.1, 0.15) is 31.1 Å². The summed E-state index contributed by atoms with van der Waals surface area (Å²) in [5, 5.41) is 2.84. The van der Waals surface area contributed by atoms with Gasteiger partial charge >= 0.3 is 0 Å². The van der Waals surface area contributed by atoms with Crippen molar-refractivity contribution in [2.45, 2.75) is 33.0 Å². The van der Waals surface area contributed by atoms with Crippen molar-refractivity contribution in [2.24, 2.45) is 0 Å². The van der Waals surface area contributed by atoms with E-state index in [4.69, 9.17) is 4.74 Å². The fourth-order valence-electron chi connectivity index (χ4n) is 2.63. The first kappa shape index (κ1) is 15.7. The summed E-state index contributed by atoms with van der Waals surface area (Å²) in [6, 6.07) is 6.99. The number of ketones is 1. The van der Waals surface area contributed by atoms with E-state index in [2.05, 4.69) is 10.2 Å². The van der Waals surface area contributed by atoms with Gasteiger partial charge in [-0.3, -0.25) is 14.5 Å². The number of morpholine rings is 1. The quantitative estimate of drug-likeness (QED) is 0.861. The average Bonchev–Trinajstić information content (AvgIpc) is 2.37. The van der Waals surface area contributed by atoms with Gasteiger partial charge in [0.2, 0.25) is 5.91 Å². The van der Waals surface area contributed by atoms with E-state index < -0.39 is 0 Å². The van der Waals surface area contributed by atoms with Gasteiger partial charge in [0.25, 0.3) is 0 Å². The number of hydrogen-bond donors (Lipinski definition) is 1. The van der Waals surface area contributed by atoms with E-state index in [0.717, 1.165) is 13.1 Å². The highest BCUT2D eigenvalue weighted by atomic mass is 16.5. The van der Waals surface area contributed by atoms with Gasteiger partial charge in [-0.25, -0.2) is 0 Å². The minimum absolute atomic E-state index is 0.0121. The van der Waals surface area contributed by atoms with Crippen molar-refractivity contribution >= 4 is 17.4 Å². The maximum Gasteiger partial charge on any atom is 0.238 e. The Morgan fingerprint density at radius 1 is 1.29 bits per heavy atom. The van der Waals surface area contributed by atoms with Gasteiger partial charge < -0.3 is 10.1 Å². The summed E-state index contributed by atoms with van der Waals surface area (Å²) in [6.07, 6.45) is 0.283. The van der Waals surface area contributed by atoms with Gasteiger partial charge in [0.05, 0.1) is 18.8 Å². The molecule has 1 aliphatic rings. The number of rotatable bonds is 4. The van der Waals surface area contributed by atoms with Crippen LogP contribution in [0.2, 0.25) is 0 Å². The molecule has 0 unspecified atom stereocenters. The second kappa shape index (κ2) is 6.83. The third-order valence-electron chi connectivity index (χ3n) is 3.42. The lowest BCUT2D eigenvalue weighted by Crippen LogP contribution is -2.48. The number of Topliss-reactive ketones (excluding diaryl/α,β-unsaturated/α-hetero) is 1. The van der Waals surface area contributed by atoms with Crippen LogP contribution in [0.4, 0.5) is 5.69 Å². The fraction of sp³-hybridized carbons (Fsp3) is 0.500. The van der Waals surface area contributed by atoms with Crippen molar-refractivity contribution in [1.82, 2.24) is 4.90 Å². The van der Waals surface area contributed by atoms with E-state index in [0.29, 0.717) is 17.8 Å². The lowest BCUT2D eigenvalue weighted by Gasteiger charge is -2.34. The Balaban J connectivity index is 1.92. The third-order valence-corrected chi connectivity index (χ3v) is 3.42. The van der Waals surface area contributed by atoms with Gasteiger partial charge in [-0.15, -0.1) is 0 Å². The SMILES string of the molecule is CC(=O)c1cccc(NC(=O)CN2C[C@H](C)O[C@@H](C)C2)c1. The van der Waals surface area contributed by atoms with Crippen LogP contribution in [0.3, 0.4) is 0 Å². The number of nitrogens with zero attached hydrogens (tertiary/aromatic N) is 1. The molecule has 1 amide bonds. The van der Waals surface area contributed by atoms with Crippen LogP contribution in [0.25, 0.3) is 0 Å². The summed E-state index contributed by atoms with van der Waals surface area (Å²) < 4.78 is 5.65. The Morgan fingerprint density at radius 3 is 2.57 bits per heavy atom. The number of carbonyl (C=O) groups is 2. The lowest BCUT2D eigenvalue weighted by atomic mass is 10.1. The second-order valence-corrected chi connectivity index (χ2v) is 5.64. The summed E-state index contributed by atoms with van der Waals surface area (Å²) >= 11 is 0. The van der Waals surface area contributed by atoms with E-state index in [1.807, 2.05) is 13.8 Å². The minimum atomic E-state index is -0.0722. The largest absolute Gasteiger partial charge is 0.373 e. The van der Waals surface area contributed by atoms with Gasteiger partial charge in [0, 0.05) is 24.3 Å². The van der Waals surface area contributed by atoms with Gasteiger partial charge in [0.1, 0.15) is 0 Å². The molecule has 1 N–H and O–H groups in total. The number of carbonyl (C=O) groups excluding carboxylic acids is 2. The molecular weight excluding hydrogens is 268 g/mol. The standard InChI is InChI=1S/C16H22N2O3/c1-11-8-18(9-12(2)21-11)10-16(20)17-15-6-4-5-14(7-15)13(3)19/h4-7,11-12H,8-10H2,1-3H3,(H,17,20)/t11-,12-/m0/s1. The van der Waals surface area contributed by atoms with E-state index in [1.54, 1.807) is 24.3 Å². The van der Waals surface area contributed by atoms with Crippen molar-refractivity contribution in [3.8, 4) is 0 Å². The smallest absolute Gasteiger partial charge is 0.238 e. The first-order valence-corrected chi connectivity index (χ1v) is 7.22. The maximum absolute atomic E-state index is 12.1. The molecule has 0 aliphatic carbocycles. The van der Waals surface area contributed by atoms with Gasteiger partial charge in [-0.1, -0.05) is 12.1 Å². The zero-order valence-electron chi connectivity index (χ0n) is 12.8. The van der Waals surface area contributed by atoms with E-state index in [1.165, 1.54) is 6.92 Å². The monoisotopic (exact) mass is 290 g/mol. The van der Waals surface area contributed by atoms with Crippen molar-refractivity contribution in [3.05, 3.63) is 29.8 Å². The number of hydrogen-bond acceptors (Lipinski definition) is 4. The summed E-state index contributed by atoms with van der Waals surface area (Å²) in [5.41, 5.74) is 1.25. The van der Waals surface area contributed by atoms with Crippen LogP contribution in [0.5, 0.6) is 0 Å². The minimum Gasteiger partial charge on any atom is -0.373 e. The topological polar surface area (TPSA) is 58.6 Å². The number of benzene rings is 1. The first-order valence-electron chi connectivity index (χ1n) is 7.22. The molecule has 1 aliphatic heterocycles. The van der Waals surface area contributed by atoms with E-state index in [-0.39, 0.29) is 23.9 Å². The van der Waals surface area contributed by atoms with Crippen LogP contribution >= 0.6 is 0 Å². The first-order chi connectivity index (χ1) is 9.94. The Kier molecular flexibility index (Phi) is 5.09. The molecule has 21 heavy (non-hydrogen) atoms. The molecular formula is C16H22N2O3. The highest BCUT2D eigenvalue weighted by Crippen LogP contribution is 2.13. The fourth-order valence-corrected chi connectivity index (χ4v) is 2.63. The molecule has 0 spiro atoms. The summed E-state index contributed by atoms with van der Waals surface area (Å²) in [7, 11) is 0. The molecule has 2 atom stereocenters. The Morgan fingerprint density at radius 2 is 1.95 bits per heavy atom. The molecule has 1 aromatic carbocycles. The molecule has 5 nitrogen and oxygen atoms in total.